The quantitative estimate of drug-likeness (QED) is 0.788. The molecule has 0 N–H and O–H groups in total. The summed E-state index contributed by atoms with van der Waals surface area (Å²) >= 11 is 3.41. The molecular weight excluding hydrogens is 387 g/mol. The number of rotatable bonds is 3. The van der Waals surface area contributed by atoms with Gasteiger partial charge in [-0.25, -0.2) is 4.39 Å². The monoisotopic (exact) mass is 404 g/mol. The smallest absolute Gasteiger partial charge is 0.270 e. The molecule has 1 aromatic carbocycles. The van der Waals surface area contributed by atoms with E-state index in [1.807, 2.05) is 34.7 Å². The number of nitrogens with zero attached hydrogens (tertiary/aromatic N) is 4. The molecular formula is C18H18BrFN4O. The molecule has 0 radical (unpaired) electrons. The number of nitriles is 1. The van der Waals surface area contributed by atoms with Crippen LogP contribution in [-0.4, -0.2) is 41.6 Å². The van der Waals surface area contributed by atoms with E-state index < -0.39 is 5.82 Å². The van der Waals surface area contributed by atoms with E-state index in [4.69, 9.17) is 0 Å². The first-order valence-electron chi connectivity index (χ1n) is 8.13. The summed E-state index contributed by atoms with van der Waals surface area (Å²) in [5, 5.41) is 9.19. The van der Waals surface area contributed by atoms with Crippen molar-refractivity contribution in [3.8, 4) is 6.07 Å². The van der Waals surface area contributed by atoms with E-state index >= 15 is 0 Å². The SMILES string of the molecule is CCn1cc(Br)cc1C(=O)N1CCN(c2cccc(F)c2C#N)CC1. The summed E-state index contributed by atoms with van der Waals surface area (Å²) in [7, 11) is 0. The van der Waals surface area contributed by atoms with Crippen molar-refractivity contribution < 1.29 is 9.18 Å². The maximum Gasteiger partial charge on any atom is 0.270 e. The predicted octanol–water partition coefficient (Wildman–Crippen LogP) is 3.24. The van der Waals surface area contributed by atoms with Gasteiger partial charge in [-0.2, -0.15) is 5.26 Å². The molecule has 3 rings (SSSR count). The number of carbonyl (C=O) groups excluding carboxylic acids is 1. The molecule has 7 heteroatoms. The van der Waals surface area contributed by atoms with Gasteiger partial charge in [-0.15, -0.1) is 0 Å². The van der Waals surface area contributed by atoms with Crippen molar-refractivity contribution in [2.45, 2.75) is 13.5 Å². The fourth-order valence-corrected chi connectivity index (χ4v) is 3.58. The van der Waals surface area contributed by atoms with Crippen LogP contribution in [0.5, 0.6) is 0 Å². The lowest BCUT2D eigenvalue weighted by Crippen LogP contribution is -2.49. The summed E-state index contributed by atoms with van der Waals surface area (Å²) in [6, 6.07) is 8.41. The van der Waals surface area contributed by atoms with Crippen LogP contribution in [0.4, 0.5) is 10.1 Å². The maximum absolute atomic E-state index is 13.8. The summed E-state index contributed by atoms with van der Waals surface area (Å²) in [6.07, 6.45) is 1.90. The van der Waals surface area contributed by atoms with Crippen LogP contribution in [0.15, 0.2) is 34.9 Å². The molecule has 1 saturated heterocycles. The van der Waals surface area contributed by atoms with Gasteiger partial charge in [0.15, 0.2) is 0 Å². The number of aromatic nitrogens is 1. The highest BCUT2D eigenvalue weighted by Crippen LogP contribution is 2.24. The Hall–Kier alpha value is -2.33. The second-order valence-electron chi connectivity index (χ2n) is 5.85. The third kappa shape index (κ3) is 3.40. The number of carbonyl (C=O) groups is 1. The molecule has 25 heavy (non-hydrogen) atoms. The Morgan fingerprint density at radius 2 is 2.04 bits per heavy atom. The van der Waals surface area contributed by atoms with Crippen molar-refractivity contribution in [2.75, 3.05) is 31.1 Å². The van der Waals surface area contributed by atoms with Crippen molar-refractivity contribution in [2.24, 2.45) is 0 Å². The second-order valence-corrected chi connectivity index (χ2v) is 6.77. The number of amides is 1. The number of hydrogen-bond donors (Lipinski definition) is 0. The normalized spacial score (nSPS) is 14.5. The Morgan fingerprint density at radius 1 is 1.32 bits per heavy atom. The summed E-state index contributed by atoms with van der Waals surface area (Å²) in [4.78, 5) is 16.5. The molecule has 1 amide bonds. The maximum atomic E-state index is 13.8. The van der Waals surface area contributed by atoms with Crippen molar-refractivity contribution in [3.05, 3.63) is 52.0 Å². The third-order valence-corrected chi connectivity index (χ3v) is 4.87. The van der Waals surface area contributed by atoms with Gasteiger partial charge in [-0.1, -0.05) is 6.07 Å². The molecule has 0 saturated carbocycles. The van der Waals surface area contributed by atoms with Gasteiger partial charge < -0.3 is 14.4 Å². The van der Waals surface area contributed by atoms with Crippen LogP contribution >= 0.6 is 15.9 Å². The molecule has 2 aromatic rings. The van der Waals surface area contributed by atoms with Crippen LogP contribution in [0, 0.1) is 17.1 Å². The molecule has 130 valence electrons. The second kappa shape index (κ2) is 7.28. The fraction of sp³-hybridized carbons (Fsp3) is 0.333. The highest BCUT2D eigenvalue weighted by Gasteiger charge is 2.26. The van der Waals surface area contributed by atoms with Gasteiger partial charge in [-0.3, -0.25) is 4.79 Å². The lowest BCUT2D eigenvalue weighted by atomic mass is 10.1. The standard InChI is InChI=1S/C18H18BrFN4O/c1-2-22-12-13(19)10-17(22)18(25)24-8-6-23(7-9-24)16-5-3-4-15(20)14(16)11-21/h3-5,10,12H,2,6-9H2,1H3. The van der Waals surface area contributed by atoms with Crippen molar-refractivity contribution in [3.63, 3.8) is 0 Å². The molecule has 1 aliphatic heterocycles. The highest BCUT2D eigenvalue weighted by molar-refractivity contribution is 9.10. The zero-order valence-electron chi connectivity index (χ0n) is 13.9. The Labute approximate surface area is 154 Å². The van der Waals surface area contributed by atoms with E-state index in [1.165, 1.54) is 6.07 Å². The summed E-state index contributed by atoms with van der Waals surface area (Å²) in [5.41, 5.74) is 1.31. The average molecular weight is 405 g/mol. The Balaban J connectivity index is 1.73. The molecule has 0 spiro atoms. The minimum Gasteiger partial charge on any atom is -0.367 e. The van der Waals surface area contributed by atoms with Crippen LogP contribution in [0.3, 0.4) is 0 Å². The minimum absolute atomic E-state index is 0.00745. The van der Waals surface area contributed by atoms with Crippen LogP contribution in [0.1, 0.15) is 23.0 Å². The first-order valence-corrected chi connectivity index (χ1v) is 8.93. The first-order chi connectivity index (χ1) is 12.0. The number of aryl methyl sites for hydroxylation is 1. The highest BCUT2D eigenvalue weighted by atomic mass is 79.9. The van der Waals surface area contributed by atoms with E-state index in [-0.39, 0.29) is 11.5 Å². The van der Waals surface area contributed by atoms with Crippen LogP contribution in [-0.2, 0) is 6.54 Å². The van der Waals surface area contributed by atoms with E-state index in [0.717, 1.165) is 11.0 Å². The lowest BCUT2D eigenvalue weighted by Gasteiger charge is -2.36. The number of piperazine rings is 1. The number of hydrogen-bond acceptors (Lipinski definition) is 3. The minimum atomic E-state index is -0.510. The molecule has 1 aliphatic rings. The number of anilines is 1. The summed E-state index contributed by atoms with van der Waals surface area (Å²) < 4.78 is 16.6. The van der Waals surface area contributed by atoms with Gasteiger partial charge in [0.25, 0.3) is 5.91 Å². The van der Waals surface area contributed by atoms with E-state index in [1.54, 1.807) is 17.0 Å². The van der Waals surface area contributed by atoms with Crippen LogP contribution in [0.25, 0.3) is 0 Å². The van der Waals surface area contributed by atoms with E-state index in [2.05, 4.69) is 15.9 Å². The molecule has 0 bridgehead atoms. The van der Waals surface area contributed by atoms with Gasteiger partial charge in [0, 0.05) is 43.4 Å². The summed E-state index contributed by atoms with van der Waals surface area (Å²) in [5.74, 6) is -0.518. The zero-order valence-corrected chi connectivity index (χ0v) is 15.5. The molecule has 2 heterocycles. The molecule has 5 nitrogen and oxygen atoms in total. The molecule has 1 fully saturated rings. The number of halogens is 2. The van der Waals surface area contributed by atoms with Gasteiger partial charge in [0.2, 0.25) is 0 Å². The Kier molecular flexibility index (Phi) is 5.09. The van der Waals surface area contributed by atoms with E-state index in [9.17, 15) is 14.4 Å². The van der Waals surface area contributed by atoms with Crippen molar-refractivity contribution in [1.29, 1.82) is 5.26 Å². The molecule has 0 unspecified atom stereocenters. The lowest BCUT2D eigenvalue weighted by molar-refractivity contribution is 0.0736. The Bertz CT molecular complexity index is 834. The van der Waals surface area contributed by atoms with Gasteiger partial charge >= 0.3 is 0 Å². The van der Waals surface area contributed by atoms with Gasteiger partial charge in [0.1, 0.15) is 23.1 Å². The Morgan fingerprint density at radius 3 is 2.68 bits per heavy atom. The van der Waals surface area contributed by atoms with Crippen LogP contribution < -0.4 is 4.90 Å². The molecule has 0 aliphatic carbocycles. The van der Waals surface area contributed by atoms with Crippen LogP contribution in [0.2, 0.25) is 0 Å². The number of benzene rings is 1. The average Bonchev–Trinajstić information content (AvgIpc) is 3.02. The summed E-state index contributed by atoms with van der Waals surface area (Å²) in [6.45, 7) is 4.92. The topological polar surface area (TPSA) is 52.3 Å². The molecule has 1 aromatic heterocycles. The zero-order chi connectivity index (χ0) is 18.0. The van der Waals surface area contributed by atoms with E-state index in [0.29, 0.717) is 37.6 Å². The fourth-order valence-electron chi connectivity index (χ4n) is 3.11. The molecule has 0 atom stereocenters. The van der Waals surface area contributed by atoms with Gasteiger partial charge in [-0.05, 0) is 41.1 Å². The predicted molar refractivity (Wildman–Crippen MR) is 97.0 cm³/mol. The van der Waals surface area contributed by atoms with Crippen molar-refractivity contribution >= 4 is 27.5 Å². The largest absolute Gasteiger partial charge is 0.367 e. The first kappa shape index (κ1) is 17.5. The van der Waals surface area contributed by atoms with Gasteiger partial charge in [0.05, 0.1) is 5.69 Å². The van der Waals surface area contributed by atoms with Crippen molar-refractivity contribution in [1.82, 2.24) is 9.47 Å². The third-order valence-electron chi connectivity index (χ3n) is 4.43.